The molecule has 146 valence electrons. The molecule has 4 heterocycles. The number of carbonyl (C=O) groups excluding carboxylic acids is 1. The van der Waals surface area contributed by atoms with Gasteiger partial charge in [0.25, 0.3) is 0 Å². The van der Waals surface area contributed by atoms with Gasteiger partial charge in [0.1, 0.15) is 5.69 Å². The Hall–Kier alpha value is -3.36. The molecule has 0 aliphatic carbocycles. The van der Waals surface area contributed by atoms with Crippen molar-refractivity contribution in [2.75, 3.05) is 5.73 Å². The van der Waals surface area contributed by atoms with Crippen molar-refractivity contribution in [3.63, 3.8) is 0 Å². The first kappa shape index (κ1) is 18.7. The molecule has 0 aliphatic heterocycles. The van der Waals surface area contributed by atoms with E-state index >= 15 is 0 Å². The summed E-state index contributed by atoms with van der Waals surface area (Å²) in [5, 5.41) is 2.60. The Morgan fingerprint density at radius 1 is 1.10 bits per heavy atom. The van der Waals surface area contributed by atoms with Crippen LogP contribution in [0.5, 0.6) is 0 Å². The maximum atomic E-state index is 13.1. The number of carbonyl (C=O) groups is 1. The van der Waals surface area contributed by atoms with Gasteiger partial charge < -0.3 is 10.2 Å². The van der Waals surface area contributed by atoms with E-state index in [1.54, 1.807) is 54.2 Å². The number of pyridine rings is 1. The molecule has 0 unspecified atom stereocenters. The van der Waals surface area contributed by atoms with Crippen molar-refractivity contribution in [2.45, 2.75) is 0 Å². The Labute approximate surface area is 183 Å². The van der Waals surface area contributed by atoms with E-state index in [-0.39, 0.29) is 17.2 Å². The van der Waals surface area contributed by atoms with Gasteiger partial charge in [0.05, 0.1) is 23.0 Å². The smallest absolute Gasteiger partial charge is 0.230 e. The minimum Gasteiger partial charge on any atom is -0.432 e. The van der Waals surface area contributed by atoms with E-state index in [0.717, 1.165) is 14.9 Å². The van der Waals surface area contributed by atoms with Crippen molar-refractivity contribution in [2.24, 2.45) is 0 Å². The summed E-state index contributed by atoms with van der Waals surface area (Å²) in [6.45, 7) is 0. The third-order valence-corrected chi connectivity index (χ3v) is 6.06. The molecule has 5 aromatic rings. The normalized spacial score (nSPS) is 11.1. The lowest BCUT2D eigenvalue weighted by Crippen LogP contribution is -2.02. The highest BCUT2D eigenvalue weighted by molar-refractivity contribution is 9.10. The van der Waals surface area contributed by atoms with Crippen LogP contribution >= 0.6 is 27.3 Å². The zero-order valence-electron chi connectivity index (χ0n) is 15.4. The van der Waals surface area contributed by atoms with Gasteiger partial charge in [0.2, 0.25) is 17.3 Å². The van der Waals surface area contributed by atoms with Crippen molar-refractivity contribution < 1.29 is 9.21 Å². The Kier molecular flexibility index (Phi) is 4.65. The molecule has 0 spiro atoms. The maximum absolute atomic E-state index is 13.1. The summed E-state index contributed by atoms with van der Waals surface area (Å²) < 4.78 is 6.79. The highest BCUT2D eigenvalue weighted by Gasteiger charge is 2.24. The first-order chi connectivity index (χ1) is 14.6. The molecule has 2 N–H and O–H groups in total. The number of nitrogens with zero attached hydrogens (tertiary/aromatic N) is 3. The lowest BCUT2D eigenvalue weighted by molar-refractivity contribution is 0.101. The van der Waals surface area contributed by atoms with E-state index in [1.807, 2.05) is 23.6 Å². The van der Waals surface area contributed by atoms with Gasteiger partial charge in [0.15, 0.2) is 0 Å². The molecule has 0 saturated carbocycles. The number of aromatic nitrogens is 3. The molecule has 4 aromatic heterocycles. The summed E-state index contributed by atoms with van der Waals surface area (Å²) in [6, 6.07) is 12.9. The van der Waals surface area contributed by atoms with Crippen molar-refractivity contribution in [1.82, 2.24) is 15.0 Å². The molecule has 0 saturated heterocycles. The van der Waals surface area contributed by atoms with Crippen LogP contribution in [0.25, 0.3) is 32.9 Å². The molecule has 0 aliphatic rings. The molecular formula is C22H13BrN4O2S. The number of nitrogen functional groups attached to an aromatic ring is 1. The van der Waals surface area contributed by atoms with Gasteiger partial charge in [-0.3, -0.25) is 14.8 Å². The molecule has 8 heteroatoms. The van der Waals surface area contributed by atoms with Gasteiger partial charge in [0, 0.05) is 32.9 Å². The predicted molar refractivity (Wildman–Crippen MR) is 120 cm³/mol. The second-order valence-electron chi connectivity index (χ2n) is 6.48. The molecular weight excluding hydrogens is 464 g/mol. The maximum Gasteiger partial charge on any atom is 0.230 e. The predicted octanol–water partition coefficient (Wildman–Crippen LogP) is 5.59. The molecule has 6 nitrogen and oxygen atoms in total. The average molecular weight is 477 g/mol. The second-order valence-corrected chi connectivity index (χ2v) is 8.35. The van der Waals surface area contributed by atoms with Crippen LogP contribution < -0.4 is 5.73 Å². The minimum absolute atomic E-state index is 0.0777. The second kappa shape index (κ2) is 7.47. The molecule has 0 fully saturated rings. The van der Waals surface area contributed by atoms with Crippen LogP contribution in [0.3, 0.4) is 0 Å². The summed E-state index contributed by atoms with van der Waals surface area (Å²) in [5.41, 5.74) is 9.50. The highest BCUT2D eigenvalue weighted by Crippen LogP contribution is 2.40. The molecule has 0 atom stereocenters. The number of halogens is 1. The third kappa shape index (κ3) is 3.20. The van der Waals surface area contributed by atoms with Crippen LogP contribution in [-0.4, -0.2) is 20.7 Å². The fourth-order valence-corrected chi connectivity index (χ4v) is 4.22. The van der Waals surface area contributed by atoms with E-state index in [9.17, 15) is 4.79 Å². The summed E-state index contributed by atoms with van der Waals surface area (Å²) in [7, 11) is 0. The Balaban J connectivity index is 1.74. The van der Waals surface area contributed by atoms with Crippen molar-refractivity contribution in [3.05, 3.63) is 82.2 Å². The topological polar surface area (TPSA) is 94.9 Å². The van der Waals surface area contributed by atoms with E-state index in [4.69, 9.17) is 10.2 Å². The highest BCUT2D eigenvalue weighted by atomic mass is 79.9. The molecule has 0 amide bonds. The van der Waals surface area contributed by atoms with Gasteiger partial charge in [-0.1, -0.05) is 22.0 Å². The van der Waals surface area contributed by atoms with Gasteiger partial charge in [-0.2, -0.15) is 0 Å². The molecule has 30 heavy (non-hydrogen) atoms. The molecule has 1 aromatic carbocycles. The first-order valence-electron chi connectivity index (χ1n) is 8.95. The van der Waals surface area contributed by atoms with Crippen LogP contribution in [0, 0.1) is 0 Å². The number of hydrogen-bond donors (Lipinski definition) is 1. The van der Waals surface area contributed by atoms with Crippen LogP contribution in [0.15, 0.2) is 75.3 Å². The Morgan fingerprint density at radius 3 is 2.63 bits per heavy atom. The number of benzene rings is 1. The first-order valence-corrected chi connectivity index (χ1v) is 10.6. The zero-order chi connectivity index (χ0) is 20.7. The van der Waals surface area contributed by atoms with Crippen LogP contribution in [0.4, 0.5) is 5.69 Å². The summed E-state index contributed by atoms with van der Waals surface area (Å²) in [5.74, 6) is -0.217. The largest absolute Gasteiger partial charge is 0.432 e. The number of thiophene rings is 1. The van der Waals surface area contributed by atoms with Crippen molar-refractivity contribution in [1.29, 1.82) is 0 Å². The zero-order valence-corrected chi connectivity index (χ0v) is 17.8. The number of ketones is 1. The monoisotopic (exact) mass is 476 g/mol. The number of nitrogens with two attached hydrogens (primary N) is 1. The van der Waals surface area contributed by atoms with Crippen LogP contribution in [0.2, 0.25) is 0 Å². The third-order valence-electron chi connectivity index (χ3n) is 4.62. The lowest BCUT2D eigenvalue weighted by Gasteiger charge is -2.05. The van der Waals surface area contributed by atoms with Crippen molar-refractivity contribution in [3.8, 4) is 21.8 Å². The van der Waals surface area contributed by atoms with Gasteiger partial charge >= 0.3 is 0 Å². The number of anilines is 1. The number of furan rings is 1. The van der Waals surface area contributed by atoms with E-state index in [1.165, 1.54) is 0 Å². The number of hydrogen-bond acceptors (Lipinski definition) is 7. The standard InChI is InChI=1S/C22H13BrN4O2S/c23-13-5-3-12(4-6-13)20(28)21-19(24)18-14(17-2-1-9-30-17)10-15(27-22(18)29-21)16-11-25-7-8-26-16/h1-11H,24H2. The number of rotatable bonds is 4. The van der Waals surface area contributed by atoms with Crippen LogP contribution in [-0.2, 0) is 0 Å². The summed E-state index contributed by atoms with van der Waals surface area (Å²) in [6.07, 6.45) is 4.83. The minimum atomic E-state index is -0.295. The number of fused-ring (bicyclic) bond motifs is 1. The summed E-state index contributed by atoms with van der Waals surface area (Å²) in [4.78, 5) is 27.1. The van der Waals surface area contributed by atoms with E-state index in [2.05, 4.69) is 30.9 Å². The average Bonchev–Trinajstić information content (AvgIpc) is 3.42. The van der Waals surface area contributed by atoms with E-state index in [0.29, 0.717) is 28.1 Å². The van der Waals surface area contributed by atoms with E-state index < -0.39 is 0 Å². The molecule has 5 rings (SSSR count). The lowest BCUT2D eigenvalue weighted by atomic mass is 10.0. The van der Waals surface area contributed by atoms with Gasteiger partial charge in [-0.25, -0.2) is 4.98 Å². The Morgan fingerprint density at radius 2 is 1.93 bits per heavy atom. The van der Waals surface area contributed by atoms with Gasteiger partial charge in [-0.05, 0) is 41.8 Å². The Bertz CT molecular complexity index is 1360. The SMILES string of the molecule is Nc1c(C(=O)c2ccc(Br)cc2)oc2nc(-c3cnccn3)cc(-c3cccs3)c12. The molecule has 0 bridgehead atoms. The fourth-order valence-electron chi connectivity index (χ4n) is 3.21. The quantitative estimate of drug-likeness (QED) is 0.339. The summed E-state index contributed by atoms with van der Waals surface area (Å²) >= 11 is 4.94. The van der Waals surface area contributed by atoms with Crippen molar-refractivity contribution >= 4 is 49.8 Å². The molecule has 0 radical (unpaired) electrons. The van der Waals surface area contributed by atoms with Gasteiger partial charge in [-0.15, -0.1) is 11.3 Å². The fraction of sp³-hybridized carbons (Fsp3) is 0. The van der Waals surface area contributed by atoms with Crippen LogP contribution in [0.1, 0.15) is 16.1 Å².